The Hall–Kier alpha value is -1.89. The maximum atomic E-state index is 4.36. The summed E-state index contributed by atoms with van der Waals surface area (Å²) in [5.74, 6) is 0.972. The van der Waals surface area contributed by atoms with Gasteiger partial charge in [0, 0.05) is 19.3 Å². The zero-order chi connectivity index (χ0) is 12.7. The number of hydrogen-bond acceptors (Lipinski definition) is 6. The van der Waals surface area contributed by atoms with E-state index >= 15 is 0 Å². The van der Waals surface area contributed by atoms with Crippen LogP contribution in [0.1, 0.15) is 36.0 Å². The molecule has 1 aliphatic carbocycles. The first kappa shape index (κ1) is 11.0. The lowest BCUT2D eigenvalue weighted by Gasteiger charge is -2.26. The molecule has 0 atom stereocenters. The van der Waals surface area contributed by atoms with Crippen LogP contribution >= 0.6 is 0 Å². The molecule has 0 amide bonds. The monoisotopic (exact) mass is 257 g/mol. The third kappa shape index (κ3) is 2.10. The molecule has 1 aliphatic heterocycles. The maximum Gasteiger partial charge on any atom is 0.165 e. The average Bonchev–Trinajstić information content (AvgIpc) is 3.19. The van der Waals surface area contributed by atoms with Gasteiger partial charge in [-0.05, 0) is 35.3 Å². The Kier molecular flexibility index (Phi) is 2.51. The molecule has 2 aromatic rings. The van der Waals surface area contributed by atoms with Gasteiger partial charge in [0.05, 0.1) is 18.3 Å². The SMILES string of the molecule is c1ncc2c(n1)CN(Cc1nnnn1C1CC1)CC2. The molecule has 2 aliphatic rings. The molecule has 0 bridgehead atoms. The van der Waals surface area contributed by atoms with Crippen LogP contribution in [-0.2, 0) is 19.5 Å². The van der Waals surface area contributed by atoms with Crippen LogP contribution in [0.25, 0.3) is 0 Å². The van der Waals surface area contributed by atoms with Crippen LogP contribution in [0, 0.1) is 0 Å². The van der Waals surface area contributed by atoms with Gasteiger partial charge in [0.15, 0.2) is 5.82 Å². The zero-order valence-corrected chi connectivity index (χ0v) is 10.6. The molecular weight excluding hydrogens is 242 g/mol. The summed E-state index contributed by atoms with van der Waals surface area (Å²) >= 11 is 0. The highest BCUT2D eigenvalue weighted by Gasteiger charge is 2.28. The van der Waals surface area contributed by atoms with Gasteiger partial charge >= 0.3 is 0 Å². The molecule has 0 aromatic carbocycles. The fraction of sp³-hybridized carbons (Fsp3) is 0.583. The van der Waals surface area contributed by atoms with E-state index in [0.717, 1.165) is 37.6 Å². The second-order valence-electron chi connectivity index (χ2n) is 5.23. The Labute approximate surface area is 110 Å². The molecule has 3 heterocycles. The second-order valence-corrected chi connectivity index (χ2v) is 5.23. The molecular formula is C12H15N7. The van der Waals surface area contributed by atoms with Crippen molar-refractivity contribution in [3.63, 3.8) is 0 Å². The van der Waals surface area contributed by atoms with E-state index in [4.69, 9.17) is 0 Å². The molecule has 4 rings (SSSR count). The molecule has 0 radical (unpaired) electrons. The Bertz CT molecular complexity index is 589. The lowest BCUT2D eigenvalue weighted by molar-refractivity contribution is 0.230. The van der Waals surface area contributed by atoms with Crippen LogP contribution < -0.4 is 0 Å². The quantitative estimate of drug-likeness (QED) is 0.790. The Morgan fingerprint density at radius 3 is 3.16 bits per heavy atom. The summed E-state index contributed by atoms with van der Waals surface area (Å²) in [6.45, 7) is 2.67. The van der Waals surface area contributed by atoms with Crippen molar-refractivity contribution in [2.45, 2.75) is 38.4 Å². The molecule has 1 fully saturated rings. The summed E-state index contributed by atoms with van der Waals surface area (Å²) in [5, 5.41) is 12.1. The van der Waals surface area contributed by atoms with Gasteiger partial charge in [-0.15, -0.1) is 5.10 Å². The third-order valence-corrected chi connectivity index (χ3v) is 3.77. The van der Waals surface area contributed by atoms with E-state index < -0.39 is 0 Å². The van der Waals surface area contributed by atoms with Crippen molar-refractivity contribution >= 4 is 0 Å². The van der Waals surface area contributed by atoms with Gasteiger partial charge in [0.2, 0.25) is 0 Å². The summed E-state index contributed by atoms with van der Waals surface area (Å²) in [5.41, 5.74) is 2.40. The molecule has 7 nitrogen and oxygen atoms in total. The minimum absolute atomic E-state index is 0.532. The summed E-state index contributed by atoms with van der Waals surface area (Å²) in [6, 6.07) is 0.532. The predicted octanol–water partition coefficient (Wildman–Crippen LogP) is 0.356. The van der Waals surface area contributed by atoms with Gasteiger partial charge in [0.1, 0.15) is 6.33 Å². The van der Waals surface area contributed by atoms with Gasteiger partial charge in [-0.3, -0.25) is 4.90 Å². The highest BCUT2D eigenvalue weighted by molar-refractivity contribution is 5.18. The molecule has 19 heavy (non-hydrogen) atoms. The van der Waals surface area contributed by atoms with E-state index in [0.29, 0.717) is 6.04 Å². The van der Waals surface area contributed by atoms with Crippen molar-refractivity contribution in [3.05, 3.63) is 29.6 Å². The van der Waals surface area contributed by atoms with Crippen molar-refractivity contribution < 1.29 is 0 Å². The number of tetrazole rings is 1. The first-order chi connectivity index (χ1) is 9.40. The van der Waals surface area contributed by atoms with E-state index in [9.17, 15) is 0 Å². The minimum atomic E-state index is 0.532. The van der Waals surface area contributed by atoms with Crippen molar-refractivity contribution in [1.82, 2.24) is 35.1 Å². The lowest BCUT2D eigenvalue weighted by Crippen LogP contribution is -2.32. The first-order valence-corrected chi connectivity index (χ1v) is 6.67. The predicted molar refractivity (Wildman–Crippen MR) is 65.9 cm³/mol. The molecule has 0 N–H and O–H groups in total. The lowest BCUT2D eigenvalue weighted by atomic mass is 10.1. The average molecular weight is 257 g/mol. The fourth-order valence-corrected chi connectivity index (χ4v) is 2.56. The van der Waals surface area contributed by atoms with E-state index in [2.05, 4.69) is 30.4 Å². The number of fused-ring (bicyclic) bond motifs is 1. The molecule has 0 saturated heterocycles. The van der Waals surface area contributed by atoms with Gasteiger partial charge in [-0.1, -0.05) is 0 Å². The van der Waals surface area contributed by atoms with Crippen molar-refractivity contribution in [2.75, 3.05) is 6.54 Å². The van der Waals surface area contributed by atoms with Crippen molar-refractivity contribution in [1.29, 1.82) is 0 Å². The molecule has 7 heteroatoms. The fourth-order valence-electron chi connectivity index (χ4n) is 2.56. The zero-order valence-electron chi connectivity index (χ0n) is 10.6. The van der Waals surface area contributed by atoms with Crippen molar-refractivity contribution in [2.24, 2.45) is 0 Å². The molecule has 2 aromatic heterocycles. The maximum absolute atomic E-state index is 4.36. The van der Waals surface area contributed by atoms with E-state index in [1.807, 2.05) is 10.9 Å². The van der Waals surface area contributed by atoms with E-state index in [-0.39, 0.29) is 0 Å². The molecule has 0 spiro atoms. The summed E-state index contributed by atoms with van der Waals surface area (Å²) < 4.78 is 1.98. The topological polar surface area (TPSA) is 72.6 Å². The molecule has 98 valence electrons. The first-order valence-electron chi connectivity index (χ1n) is 6.67. The van der Waals surface area contributed by atoms with Crippen LogP contribution in [-0.4, -0.2) is 41.6 Å². The largest absolute Gasteiger partial charge is 0.290 e. The van der Waals surface area contributed by atoms with E-state index in [1.165, 1.54) is 18.4 Å². The summed E-state index contributed by atoms with van der Waals surface area (Å²) in [6.07, 6.45) is 6.95. The number of rotatable bonds is 3. The number of nitrogens with zero attached hydrogens (tertiary/aromatic N) is 7. The highest BCUT2D eigenvalue weighted by atomic mass is 15.6. The van der Waals surface area contributed by atoms with Crippen LogP contribution in [0.15, 0.2) is 12.5 Å². The Morgan fingerprint density at radius 2 is 2.26 bits per heavy atom. The Morgan fingerprint density at radius 1 is 1.32 bits per heavy atom. The third-order valence-electron chi connectivity index (χ3n) is 3.77. The second kappa shape index (κ2) is 4.34. The Balaban J connectivity index is 1.51. The van der Waals surface area contributed by atoms with E-state index in [1.54, 1.807) is 6.33 Å². The van der Waals surface area contributed by atoms with Crippen LogP contribution in [0.2, 0.25) is 0 Å². The van der Waals surface area contributed by atoms with Gasteiger partial charge in [0.25, 0.3) is 0 Å². The molecule has 0 unspecified atom stereocenters. The highest BCUT2D eigenvalue weighted by Crippen LogP contribution is 2.34. The van der Waals surface area contributed by atoms with Gasteiger partial charge in [-0.2, -0.15) is 0 Å². The van der Waals surface area contributed by atoms with Gasteiger partial charge in [-0.25, -0.2) is 14.6 Å². The summed E-state index contributed by atoms with van der Waals surface area (Å²) in [7, 11) is 0. The normalized spacial score (nSPS) is 19.4. The summed E-state index contributed by atoms with van der Waals surface area (Å²) in [4.78, 5) is 10.8. The van der Waals surface area contributed by atoms with Crippen molar-refractivity contribution in [3.8, 4) is 0 Å². The number of hydrogen-bond donors (Lipinski definition) is 0. The van der Waals surface area contributed by atoms with Gasteiger partial charge < -0.3 is 0 Å². The van der Waals surface area contributed by atoms with Crippen LogP contribution in [0.4, 0.5) is 0 Å². The minimum Gasteiger partial charge on any atom is -0.290 e. The smallest absolute Gasteiger partial charge is 0.165 e. The number of aromatic nitrogens is 6. The standard InChI is InChI=1S/C12H15N7/c1-2-10(1)19-12(15-16-17-19)7-18-4-3-9-5-13-8-14-11(9)6-18/h5,8,10H,1-4,6-7H2. The molecule has 1 saturated carbocycles. The van der Waals surface area contributed by atoms with Crippen LogP contribution in [0.5, 0.6) is 0 Å². The van der Waals surface area contributed by atoms with Crippen LogP contribution in [0.3, 0.4) is 0 Å².